The Balaban J connectivity index is 1.55. The molecule has 4 fully saturated rings. The molecule has 0 spiro atoms. The Labute approximate surface area is 130 Å². The Hall–Kier alpha value is -1.09. The van der Waals surface area contributed by atoms with Crippen LogP contribution in [0.3, 0.4) is 0 Å². The van der Waals surface area contributed by atoms with Crippen molar-refractivity contribution in [1.82, 2.24) is 9.88 Å². The second-order valence-electron chi connectivity index (χ2n) is 7.21. The normalized spacial score (nSPS) is 36.8. The molecule has 112 valence electrons. The predicted octanol–water partition coefficient (Wildman–Crippen LogP) is 3.63. The minimum Gasteiger partial charge on any atom is -0.338 e. The summed E-state index contributed by atoms with van der Waals surface area (Å²) in [6.07, 6.45) is 8.35. The quantitative estimate of drug-likeness (QED) is 0.782. The summed E-state index contributed by atoms with van der Waals surface area (Å²) < 4.78 is 0. The molecule has 1 aromatic rings. The SMILES string of the molecule is CN(C(=O)c1ccc(Cl)nc1)C1C2CC3CC(C2)CC1C3. The molecule has 5 rings (SSSR count). The van der Waals surface area contributed by atoms with Crippen LogP contribution in [0.1, 0.15) is 42.5 Å². The summed E-state index contributed by atoms with van der Waals surface area (Å²) in [4.78, 5) is 18.8. The van der Waals surface area contributed by atoms with Crippen LogP contribution in [0.25, 0.3) is 0 Å². The molecule has 0 aromatic carbocycles. The number of amides is 1. The standard InChI is InChI=1S/C17H21ClN2O/c1-20(17(21)12-2-3-15(18)19-9-12)16-13-5-10-4-11(7-13)8-14(16)6-10/h2-3,9-11,13-14,16H,4-8H2,1H3. The van der Waals surface area contributed by atoms with Crippen LogP contribution in [0.15, 0.2) is 18.3 Å². The van der Waals surface area contributed by atoms with E-state index in [1.807, 2.05) is 11.9 Å². The van der Waals surface area contributed by atoms with Gasteiger partial charge in [0.15, 0.2) is 0 Å². The Morgan fingerprint density at radius 1 is 1.14 bits per heavy atom. The second-order valence-corrected chi connectivity index (χ2v) is 7.59. The van der Waals surface area contributed by atoms with Gasteiger partial charge in [-0.15, -0.1) is 0 Å². The Morgan fingerprint density at radius 3 is 2.29 bits per heavy atom. The van der Waals surface area contributed by atoms with Crippen molar-refractivity contribution in [1.29, 1.82) is 0 Å². The molecule has 4 heteroatoms. The van der Waals surface area contributed by atoms with E-state index in [0.29, 0.717) is 16.8 Å². The van der Waals surface area contributed by atoms with Gasteiger partial charge in [0.2, 0.25) is 0 Å². The van der Waals surface area contributed by atoms with E-state index < -0.39 is 0 Å². The molecule has 1 heterocycles. The lowest BCUT2D eigenvalue weighted by atomic mass is 9.54. The molecule has 0 aliphatic heterocycles. The maximum atomic E-state index is 12.7. The molecular formula is C17H21ClN2O. The highest BCUT2D eigenvalue weighted by Gasteiger charge is 2.50. The van der Waals surface area contributed by atoms with Gasteiger partial charge < -0.3 is 4.90 Å². The van der Waals surface area contributed by atoms with Crippen molar-refractivity contribution in [2.24, 2.45) is 23.7 Å². The number of nitrogens with zero attached hydrogens (tertiary/aromatic N) is 2. The molecule has 1 aromatic heterocycles. The zero-order valence-electron chi connectivity index (χ0n) is 12.3. The highest BCUT2D eigenvalue weighted by atomic mass is 35.5. The molecule has 4 aliphatic rings. The van der Waals surface area contributed by atoms with Crippen LogP contribution >= 0.6 is 11.6 Å². The van der Waals surface area contributed by atoms with Crippen LogP contribution in [0, 0.1) is 23.7 Å². The van der Waals surface area contributed by atoms with Crippen molar-refractivity contribution in [2.45, 2.75) is 38.1 Å². The molecule has 0 unspecified atom stereocenters. The van der Waals surface area contributed by atoms with E-state index in [1.165, 1.54) is 32.1 Å². The van der Waals surface area contributed by atoms with Crippen molar-refractivity contribution in [3.05, 3.63) is 29.0 Å². The molecule has 0 saturated heterocycles. The molecule has 0 N–H and O–H groups in total. The first kappa shape index (κ1) is 13.6. The number of pyridine rings is 1. The van der Waals surface area contributed by atoms with Crippen molar-refractivity contribution in [3.63, 3.8) is 0 Å². The van der Waals surface area contributed by atoms with Crippen LogP contribution in [0.2, 0.25) is 5.15 Å². The first-order chi connectivity index (χ1) is 10.1. The maximum absolute atomic E-state index is 12.7. The molecule has 4 aliphatic carbocycles. The van der Waals surface area contributed by atoms with Gasteiger partial charge in [-0.05, 0) is 67.9 Å². The minimum absolute atomic E-state index is 0.0941. The van der Waals surface area contributed by atoms with Gasteiger partial charge in [0.25, 0.3) is 5.91 Å². The lowest BCUT2D eigenvalue weighted by Gasteiger charge is -2.56. The lowest BCUT2D eigenvalue weighted by Crippen LogP contribution is -2.56. The molecule has 21 heavy (non-hydrogen) atoms. The summed E-state index contributed by atoms with van der Waals surface area (Å²) in [6.45, 7) is 0. The van der Waals surface area contributed by atoms with Crippen LogP contribution in [-0.2, 0) is 0 Å². The Kier molecular flexibility index (Phi) is 3.21. The fourth-order valence-corrected chi connectivity index (χ4v) is 5.48. The third-order valence-electron chi connectivity index (χ3n) is 5.92. The van der Waals surface area contributed by atoms with Gasteiger partial charge in [-0.2, -0.15) is 0 Å². The zero-order valence-corrected chi connectivity index (χ0v) is 13.1. The number of rotatable bonds is 2. The molecule has 4 bridgehead atoms. The first-order valence-corrected chi connectivity index (χ1v) is 8.38. The number of hydrogen-bond acceptors (Lipinski definition) is 2. The molecule has 1 amide bonds. The van der Waals surface area contributed by atoms with Gasteiger partial charge in [-0.25, -0.2) is 4.98 Å². The molecular weight excluding hydrogens is 284 g/mol. The average molecular weight is 305 g/mol. The predicted molar refractivity (Wildman–Crippen MR) is 82.2 cm³/mol. The van der Waals surface area contributed by atoms with E-state index in [4.69, 9.17) is 11.6 Å². The van der Waals surface area contributed by atoms with E-state index in [-0.39, 0.29) is 5.91 Å². The minimum atomic E-state index is 0.0941. The summed E-state index contributed by atoms with van der Waals surface area (Å²) in [7, 11) is 1.98. The van der Waals surface area contributed by atoms with Crippen LogP contribution < -0.4 is 0 Å². The fourth-order valence-electron chi connectivity index (χ4n) is 5.37. The van der Waals surface area contributed by atoms with Crippen molar-refractivity contribution in [3.8, 4) is 0 Å². The van der Waals surface area contributed by atoms with Gasteiger partial charge in [0.05, 0.1) is 5.56 Å². The fraction of sp³-hybridized carbons (Fsp3) is 0.647. The van der Waals surface area contributed by atoms with E-state index in [9.17, 15) is 4.79 Å². The van der Waals surface area contributed by atoms with Gasteiger partial charge in [-0.1, -0.05) is 11.6 Å². The summed E-state index contributed by atoms with van der Waals surface area (Å²) in [5.41, 5.74) is 0.649. The number of aromatic nitrogens is 1. The number of hydrogen-bond donors (Lipinski definition) is 0. The van der Waals surface area contributed by atoms with Crippen molar-refractivity contribution >= 4 is 17.5 Å². The third-order valence-corrected chi connectivity index (χ3v) is 6.14. The zero-order chi connectivity index (χ0) is 14.6. The topological polar surface area (TPSA) is 33.2 Å². The van der Waals surface area contributed by atoms with E-state index in [0.717, 1.165) is 23.7 Å². The molecule has 4 saturated carbocycles. The van der Waals surface area contributed by atoms with Crippen molar-refractivity contribution in [2.75, 3.05) is 7.05 Å². The molecule has 0 radical (unpaired) electrons. The number of carbonyl (C=O) groups is 1. The Bertz CT molecular complexity index is 528. The van der Waals surface area contributed by atoms with Gasteiger partial charge >= 0.3 is 0 Å². The van der Waals surface area contributed by atoms with Gasteiger partial charge in [0, 0.05) is 19.3 Å². The van der Waals surface area contributed by atoms with Gasteiger partial charge in [-0.3, -0.25) is 4.79 Å². The maximum Gasteiger partial charge on any atom is 0.255 e. The number of carbonyl (C=O) groups excluding carboxylic acids is 1. The smallest absolute Gasteiger partial charge is 0.255 e. The van der Waals surface area contributed by atoms with Crippen LogP contribution in [-0.4, -0.2) is 28.9 Å². The summed E-state index contributed by atoms with van der Waals surface area (Å²) >= 11 is 5.81. The first-order valence-electron chi connectivity index (χ1n) is 8.00. The number of halogens is 1. The second kappa shape index (κ2) is 4.98. The van der Waals surface area contributed by atoms with Gasteiger partial charge in [0.1, 0.15) is 5.15 Å². The van der Waals surface area contributed by atoms with Crippen LogP contribution in [0.4, 0.5) is 0 Å². The van der Waals surface area contributed by atoms with E-state index in [1.54, 1.807) is 18.3 Å². The monoisotopic (exact) mass is 304 g/mol. The molecule has 3 nitrogen and oxygen atoms in total. The summed E-state index contributed by atoms with van der Waals surface area (Å²) in [6, 6.07) is 3.91. The lowest BCUT2D eigenvalue weighted by molar-refractivity contribution is -0.0491. The molecule has 0 atom stereocenters. The van der Waals surface area contributed by atoms with Crippen molar-refractivity contribution < 1.29 is 4.79 Å². The highest BCUT2D eigenvalue weighted by molar-refractivity contribution is 6.29. The summed E-state index contributed by atoms with van der Waals surface area (Å²) in [5.74, 6) is 3.40. The third kappa shape index (κ3) is 2.26. The Morgan fingerprint density at radius 2 is 1.76 bits per heavy atom. The van der Waals surface area contributed by atoms with Crippen LogP contribution in [0.5, 0.6) is 0 Å². The summed E-state index contributed by atoms with van der Waals surface area (Å²) in [5, 5.41) is 0.434. The van der Waals surface area contributed by atoms with E-state index in [2.05, 4.69) is 4.98 Å². The van der Waals surface area contributed by atoms with E-state index >= 15 is 0 Å². The largest absolute Gasteiger partial charge is 0.338 e. The average Bonchev–Trinajstić information content (AvgIpc) is 2.46. The highest BCUT2D eigenvalue weighted by Crippen LogP contribution is 2.55.